The average molecular weight is 215 g/mol. The Hall–Kier alpha value is -1.00. The van der Waals surface area contributed by atoms with E-state index in [1.807, 2.05) is 0 Å². The van der Waals surface area contributed by atoms with Gasteiger partial charge in [0.2, 0.25) is 0 Å². The maximum Gasteiger partial charge on any atom is 0.0910 e. The highest BCUT2D eigenvalue weighted by atomic mass is 28.3. The molecule has 0 saturated heterocycles. The molecule has 1 heteroatoms. The van der Waals surface area contributed by atoms with Crippen molar-refractivity contribution in [3.05, 3.63) is 29.8 Å². The predicted octanol–water partition coefficient (Wildman–Crippen LogP) is 3.19. The highest BCUT2D eigenvalue weighted by Crippen LogP contribution is 2.19. The first-order valence-corrected chi connectivity index (χ1v) is 7.15. The molecule has 0 bridgehead atoms. The van der Waals surface area contributed by atoms with Gasteiger partial charge >= 0.3 is 0 Å². The molecule has 0 fully saturated rings. The van der Waals surface area contributed by atoms with E-state index in [0.717, 1.165) is 16.6 Å². The Labute approximate surface area is 95.3 Å². The lowest BCUT2D eigenvalue weighted by Gasteiger charge is -2.23. The van der Waals surface area contributed by atoms with Crippen LogP contribution in [0.3, 0.4) is 0 Å². The van der Waals surface area contributed by atoms with Gasteiger partial charge in [0.15, 0.2) is 0 Å². The topological polar surface area (TPSA) is 0 Å². The normalized spacial score (nSPS) is 11.1. The van der Waals surface area contributed by atoms with Gasteiger partial charge in [-0.1, -0.05) is 50.9 Å². The lowest BCUT2D eigenvalue weighted by atomic mass is 10.2. The van der Waals surface area contributed by atoms with E-state index in [1.54, 1.807) is 0 Å². The van der Waals surface area contributed by atoms with Gasteiger partial charge in [-0.05, 0) is 23.2 Å². The molecule has 0 saturated carbocycles. The van der Waals surface area contributed by atoms with E-state index in [0.29, 0.717) is 0 Å². The van der Waals surface area contributed by atoms with Crippen molar-refractivity contribution in [2.24, 2.45) is 0 Å². The number of terminal acetylenes is 1. The van der Waals surface area contributed by atoms with Crippen molar-refractivity contribution in [3.63, 3.8) is 0 Å². The standard InChI is InChI=1S/C14H19Si/c1-6-13-7-9-14(10-8-13)15(11(2)3)12(4)5/h1,7-12H,2-5H3. The maximum atomic E-state index is 5.35. The van der Waals surface area contributed by atoms with Crippen LogP contribution in [-0.2, 0) is 0 Å². The fourth-order valence-corrected chi connectivity index (χ4v) is 5.31. The Balaban J connectivity index is 2.98. The predicted molar refractivity (Wildman–Crippen MR) is 70.0 cm³/mol. The summed E-state index contributed by atoms with van der Waals surface area (Å²) in [6.07, 6.45) is 5.35. The lowest BCUT2D eigenvalue weighted by molar-refractivity contribution is 0.951. The van der Waals surface area contributed by atoms with Crippen LogP contribution in [0.5, 0.6) is 0 Å². The highest BCUT2D eigenvalue weighted by molar-refractivity contribution is 6.75. The van der Waals surface area contributed by atoms with E-state index in [9.17, 15) is 0 Å². The molecule has 15 heavy (non-hydrogen) atoms. The molecule has 0 amide bonds. The summed E-state index contributed by atoms with van der Waals surface area (Å²) in [6, 6.07) is 8.54. The third-order valence-corrected chi connectivity index (χ3v) is 6.12. The summed E-state index contributed by atoms with van der Waals surface area (Å²) in [5.41, 5.74) is 2.52. The van der Waals surface area contributed by atoms with E-state index in [4.69, 9.17) is 6.42 Å². The molecule has 79 valence electrons. The molecule has 1 aromatic carbocycles. The Morgan fingerprint density at radius 2 is 1.47 bits per heavy atom. The van der Waals surface area contributed by atoms with Crippen molar-refractivity contribution < 1.29 is 0 Å². The van der Waals surface area contributed by atoms with Crippen LogP contribution >= 0.6 is 0 Å². The smallest absolute Gasteiger partial charge is 0.0910 e. The highest BCUT2D eigenvalue weighted by Gasteiger charge is 2.21. The molecule has 0 nitrogen and oxygen atoms in total. The SMILES string of the molecule is C#Cc1ccc([Si](C(C)C)C(C)C)cc1. The molecule has 1 radical (unpaired) electrons. The van der Waals surface area contributed by atoms with Gasteiger partial charge in [-0.15, -0.1) is 6.42 Å². The zero-order valence-corrected chi connectivity index (χ0v) is 11.0. The third-order valence-electron chi connectivity index (χ3n) is 2.63. The van der Waals surface area contributed by atoms with Crippen molar-refractivity contribution in [1.82, 2.24) is 0 Å². The van der Waals surface area contributed by atoms with Crippen molar-refractivity contribution in [1.29, 1.82) is 0 Å². The van der Waals surface area contributed by atoms with Crippen molar-refractivity contribution in [2.45, 2.75) is 38.8 Å². The monoisotopic (exact) mass is 215 g/mol. The summed E-state index contributed by atoms with van der Waals surface area (Å²) in [5.74, 6) is 2.66. The quantitative estimate of drug-likeness (QED) is 0.536. The van der Waals surface area contributed by atoms with Crippen LogP contribution in [0.15, 0.2) is 24.3 Å². The average Bonchev–Trinajstić information content (AvgIpc) is 2.18. The summed E-state index contributed by atoms with van der Waals surface area (Å²) in [5, 5.41) is 1.50. The molecule has 0 aliphatic carbocycles. The van der Waals surface area contributed by atoms with Crippen LogP contribution in [-0.4, -0.2) is 8.80 Å². The summed E-state index contributed by atoms with van der Waals surface area (Å²) in [6.45, 7) is 9.29. The van der Waals surface area contributed by atoms with Crippen molar-refractivity contribution in [2.75, 3.05) is 0 Å². The Morgan fingerprint density at radius 1 is 1.00 bits per heavy atom. The first-order chi connectivity index (χ1) is 7.06. The van der Waals surface area contributed by atoms with Crippen LogP contribution in [0.25, 0.3) is 0 Å². The summed E-state index contributed by atoms with van der Waals surface area (Å²) in [7, 11) is -0.449. The zero-order chi connectivity index (χ0) is 11.4. The van der Waals surface area contributed by atoms with Gasteiger partial charge in [-0.3, -0.25) is 0 Å². The minimum Gasteiger partial charge on any atom is -0.115 e. The van der Waals surface area contributed by atoms with Crippen LogP contribution in [0.1, 0.15) is 33.3 Å². The molecule has 0 aliphatic rings. The maximum absolute atomic E-state index is 5.35. The molecule has 0 aromatic heterocycles. The van der Waals surface area contributed by atoms with E-state index in [-0.39, 0.29) is 0 Å². The number of hydrogen-bond donors (Lipinski definition) is 0. The molecule has 0 N–H and O–H groups in total. The second-order valence-electron chi connectivity index (χ2n) is 4.49. The van der Waals surface area contributed by atoms with Gasteiger partial charge in [0.05, 0.1) is 8.80 Å². The summed E-state index contributed by atoms with van der Waals surface area (Å²) < 4.78 is 0. The molecular weight excluding hydrogens is 196 g/mol. The molecule has 0 heterocycles. The van der Waals surface area contributed by atoms with Gasteiger partial charge in [-0.25, -0.2) is 0 Å². The molecule has 0 unspecified atom stereocenters. The lowest BCUT2D eigenvalue weighted by Crippen LogP contribution is -2.35. The fraction of sp³-hybridized carbons (Fsp3) is 0.429. The first kappa shape index (κ1) is 12.1. The van der Waals surface area contributed by atoms with E-state index >= 15 is 0 Å². The van der Waals surface area contributed by atoms with Crippen LogP contribution in [0.2, 0.25) is 11.1 Å². The molecule has 1 aromatic rings. The zero-order valence-electron chi connectivity index (χ0n) is 10.0. The largest absolute Gasteiger partial charge is 0.115 e. The molecule has 0 aliphatic heterocycles. The van der Waals surface area contributed by atoms with Gasteiger partial charge in [-0.2, -0.15) is 0 Å². The van der Waals surface area contributed by atoms with Gasteiger partial charge in [0.1, 0.15) is 0 Å². The van der Waals surface area contributed by atoms with Crippen LogP contribution < -0.4 is 5.19 Å². The second-order valence-corrected chi connectivity index (χ2v) is 8.28. The van der Waals surface area contributed by atoms with Crippen molar-refractivity contribution in [3.8, 4) is 12.3 Å². The summed E-state index contributed by atoms with van der Waals surface area (Å²) in [4.78, 5) is 0. The molecular formula is C14H19Si. The molecule has 0 atom stereocenters. The fourth-order valence-electron chi connectivity index (χ4n) is 2.09. The Bertz CT molecular complexity index is 333. The minimum absolute atomic E-state index is 0.449. The van der Waals surface area contributed by atoms with Crippen LogP contribution in [0, 0.1) is 12.3 Å². The molecule has 0 spiro atoms. The Morgan fingerprint density at radius 3 is 1.80 bits per heavy atom. The van der Waals surface area contributed by atoms with Gasteiger partial charge in [0, 0.05) is 5.56 Å². The third kappa shape index (κ3) is 2.97. The van der Waals surface area contributed by atoms with E-state index in [1.165, 1.54) is 5.19 Å². The minimum atomic E-state index is -0.449. The number of hydrogen-bond acceptors (Lipinski definition) is 0. The second kappa shape index (κ2) is 5.18. The van der Waals surface area contributed by atoms with Crippen molar-refractivity contribution >= 4 is 14.0 Å². The first-order valence-electron chi connectivity index (χ1n) is 5.50. The number of benzene rings is 1. The number of rotatable bonds is 3. The van der Waals surface area contributed by atoms with Gasteiger partial charge < -0.3 is 0 Å². The van der Waals surface area contributed by atoms with E-state index < -0.39 is 8.80 Å². The Kier molecular flexibility index (Phi) is 4.17. The summed E-state index contributed by atoms with van der Waals surface area (Å²) >= 11 is 0. The van der Waals surface area contributed by atoms with Crippen LogP contribution in [0.4, 0.5) is 0 Å². The van der Waals surface area contributed by atoms with E-state index in [2.05, 4.69) is 57.9 Å². The van der Waals surface area contributed by atoms with Gasteiger partial charge in [0.25, 0.3) is 0 Å². The molecule has 1 rings (SSSR count).